The predicted molar refractivity (Wildman–Crippen MR) is 127 cm³/mol. The highest BCUT2D eigenvalue weighted by atomic mass is 19.4. The molecule has 0 aliphatic rings. The number of nitrogens with zero attached hydrogens (tertiary/aromatic N) is 5. The lowest BCUT2D eigenvalue weighted by molar-refractivity contribution is -0.206. The van der Waals surface area contributed by atoms with E-state index in [0.717, 1.165) is 5.69 Å². The summed E-state index contributed by atoms with van der Waals surface area (Å²) in [5, 5.41) is 19.5. The van der Waals surface area contributed by atoms with Crippen LogP contribution in [0.5, 0.6) is 5.75 Å². The second-order valence-electron chi connectivity index (χ2n) is 8.04. The summed E-state index contributed by atoms with van der Waals surface area (Å²) in [5.74, 6) is -1.40. The molecule has 0 fully saturated rings. The zero-order valence-electron chi connectivity index (χ0n) is 20.2. The SMILES string of the molecule is CCn1c(-c2nonc2N)nc2c(-c3ccc[nH]3)ncc(OCCCNCC(CO)OC(=O)C(F)(F)F)c21. The van der Waals surface area contributed by atoms with E-state index in [1.54, 1.807) is 12.4 Å². The molecule has 4 rings (SSSR count). The number of alkyl halides is 3. The average Bonchev–Trinajstić information content (AvgIpc) is 3.64. The number of imidazole rings is 1. The molecule has 0 spiro atoms. The van der Waals surface area contributed by atoms with E-state index in [0.29, 0.717) is 47.8 Å². The number of nitrogens with two attached hydrogens (primary N) is 1. The number of rotatable bonds is 12. The number of aliphatic hydroxyl groups is 1. The van der Waals surface area contributed by atoms with Crippen LogP contribution in [0.2, 0.25) is 0 Å². The Kier molecular flexibility index (Phi) is 8.11. The van der Waals surface area contributed by atoms with Gasteiger partial charge in [0, 0.05) is 19.3 Å². The molecule has 1 unspecified atom stereocenters. The second kappa shape index (κ2) is 11.5. The first-order chi connectivity index (χ1) is 18.2. The van der Waals surface area contributed by atoms with Crippen molar-refractivity contribution in [1.82, 2.24) is 35.1 Å². The number of H-pyrrole nitrogens is 1. The standard InChI is InChI=1S/C22H25F3N8O5/c1-2-33-18-14(36-8-4-6-27-9-12(11-34)37-21(35)22(23,24)25)10-29-15(13-5-3-7-28-13)16(18)30-20(33)17-19(26)32-38-31-17/h3,5,7,10,12,27-28,34H,2,4,6,8-9,11H2,1H3,(H2,26,32). The lowest BCUT2D eigenvalue weighted by Gasteiger charge is -2.17. The van der Waals surface area contributed by atoms with Gasteiger partial charge in [0.15, 0.2) is 23.1 Å². The van der Waals surface area contributed by atoms with E-state index in [2.05, 4.69) is 30.3 Å². The Morgan fingerprint density at radius 2 is 2.16 bits per heavy atom. The van der Waals surface area contributed by atoms with Crippen LogP contribution >= 0.6 is 0 Å². The van der Waals surface area contributed by atoms with E-state index in [4.69, 9.17) is 20.1 Å². The molecule has 0 radical (unpaired) electrons. The molecule has 16 heteroatoms. The summed E-state index contributed by atoms with van der Waals surface area (Å²) in [4.78, 5) is 23.3. The highest BCUT2D eigenvalue weighted by molar-refractivity contribution is 5.95. The highest BCUT2D eigenvalue weighted by Crippen LogP contribution is 2.36. The minimum Gasteiger partial charge on any atom is -0.490 e. The molecule has 38 heavy (non-hydrogen) atoms. The average molecular weight is 538 g/mol. The molecule has 0 aromatic carbocycles. The molecule has 13 nitrogen and oxygen atoms in total. The molecule has 204 valence electrons. The van der Waals surface area contributed by atoms with Crippen LogP contribution in [-0.2, 0) is 16.1 Å². The van der Waals surface area contributed by atoms with Gasteiger partial charge in [0.05, 0.1) is 25.1 Å². The third kappa shape index (κ3) is 5.70. The van der Waals surface area contributed by atoms with Gasteiger partial charge >= 0.3 is 12.1 Å². The number of aromatic nitrogens is 6. The Morgan fingerprint density at radius 3 is 2.79 bits per heavy atom. The number of hydrogen-bond donors (Lipinski definition) is 4. The van der Waals surface area contributed by atoms with Crippen molar-refractivity contribution in [1.29, 1.82) is 0 Å². The van der Waals surface area contributed by atoms with E-state index < -0.39 is 24.9 Å². The number of nitrogen functional groups attached to an aromatic ring is 1. The molecule has 0 aliphatic carbocycles. The van der Waals surface area contributed by atoms with E-state index in [1.807, 2.05) is 23.6 Å². The molecular formula is C22H25F3N8O5. The van der Waals surface area contributed by atoms with Crippen LogP contribution in [-0.4, -0.2) is 79.5 Å². The van der Waals surface area contributed by atoms with Gasteiger partial charge < -0.3 is 35.2 Å². The number of esters is 1. The Morgan fingerprint density at radius 1 is 1.34 bits per heavy atom. The maximum absolute atomic E-state index is 12.3. The quantitative estimate of drug-likeness (QED) is 0.153. The van der Waals surface area contributed by atoms with Crippen LogP contribution in [0.1, 0.15) is 13.3 Å². The summed E-state index contributed by atoms with van der Waals surface area (Å²) in [6, 6.07) is 3.69. The molecule has 5 N–H and O–H groups in total. The topological polar surface area (TPSA) is 179 Å². The largest absolute Gasteiger partial charge is 0.490 e. The van der Waals surface area contributed by atoms with Crippen LogP contribution in [0.15, 0.2) is 29.2 Å². The van der Waals surface area contributed by atoms with Gasteiger partial charge in [0.25, 0.3) is 0 Å². The van der Waals surface area contributed by atoms with Crippen molar-refractivity contribution >= 4 is 22.8 Å². The molecule has 0 aliphatic heterocycles. The lowest BCUT2D eigenvalue weighted by atomic mass is 10.2. The zero-order valence-corrected chi connectivity index (χ0v) is 20.2. The summed E-state index contributed by atoms with van der Waals surface area (Å²) >= 11 is 0. The Balaban J connectivity index is 1.47. The van der Waals surface area contributed by atoms with Crippen molar-refractivity contribution in [2.24, 2.45) is 0 Å². The molecule has 4 aromatic rings. The number of pyridine rings is 1. The Bertz CT molecular complexity index is 1370. The van der Waals surface area contributed by atoms with Gasteiger partial charge in [-0.1, -0.05) is 0 Å². The minimum atomic E-state index is -5.13. The number of carbonyl (C=O) groups excluding carboxylic acids is 1. The van der Waals surface area contributed by atoms with Crippen molar-refractivity contribution in [2.75, 3.05) is 32.0 Å². The van der Waals surface area contributed by atoms with Crippen LogP contribution in [0.3, 0.4) is 0 Å². The van der Waals surface area contributed by atoms with E-state index >= 15 is 0 Å². The molecule has 4 heterocycles. The van der Waals surface area contributed by atoms with Crippen LogP contribution in [0.4, 0.5) is 19.0 Å². The molecule has 0 saturated carbocycles. The lowest BCUT2D eigenvalue weighted by Crippen LogP contribution is -2.38. The summed E-state index contributed by atoms with van der Waals surface area (Å²) in [7, 11) is 0. The maximum atomic E-state index is 12.3. The number of hydrogen-bond acceptors (Lipinski definition) is 11. The van der Waals surface area contributed by atoms with Gasteiger partial charge in [-0.3, -0.25) is 0 Å². The normalized spacial score (nSPS) is 12.7. The van der Waals surface area contributed by atoms with E-state index in [-0.39, 0.29) is 24.7 Å². The molecule has 4 aromatic heterocycles. The summed E-state index contributed by atoms with van der Waals surface area (Å²) in [6.45, 7) is 2.03. The summed E-state index contributed by atoms with van der Waals surface area (Å²) in [6.07, 6.45) is -2.67. The van der Waals surface area contributed by atoms with Gasteiger partial charge in [-0.25, -0.2) is 19.4 Å². The first kappa shape index (κ1) is 26.9. The van der Waals surface area contributed by atoms with E-state index in [9.17, 15) is 23.1 Å². The van der Waals surface area contributed by atoms with E-state index in [1.165, 1.54) is 0 Å². The number of ether oxygens (including phenoxy) is 2. The van der Waals surface area contributed by atoms with Crippen molar-refractivity contribution in [3.05, 3.63) is 24.5 Å². The third-order valence-corrected chi connectivity index (χ3v) is 5.47. The van der Waals surface area contributed by atoms with Gasteiger partial charge in [0.2, 0.25) is 0 Å². The molecule has 0 amide bonds. The minimum absolute atomic E-state index is 0.0834. The first-order valence-electron chi connectivity index (χ1n) is 11.6. The molecule has 0 bridgehead atoms. The predicted octanol–water partition coefficient (Wildman–Crippen LogP) is 1.90. The smallest absolute Gasteiger partial charge is 0.490 e. The Hall–Kier alpha value is -4.18. The van der Waals surface area contributed by atoms with Crippen molar-refractivity contribution < 1.29 is 37.2 Å². The Labute approximate surface area is 213 Å². The number of aliphatic hydroxyl groups excluding tert-OH is 1. The van der Waals surface area contributed by atoms with Gasteiger partial charge in [0.1, 0.15) is 22.8 Å². The van der Waals surface area contributed by atoms with Crippen molar-refractivity contribution in [2.45, 2.75) is 32.2 Å². The third-order valence-electron chi connectivity index (χ3n) is 5.47. The van der Waals surface area contributed by atoms with Gasteiger partial charge in [-0.15, -0.1) is 0 Å². The summed E-state index contributed by atoms with van der Waals surface area (Å²) in [5.41, 5.74) is 8.72. The molecular weight excluding hydrogens is 513 g/mol. The fourth-order valence-corrected chi connectivity index (χ4v) is 3.74. The number of carbonyl (C=O) groups is 1. The number of aromatic amines is 1. The molecule has 0 saturated heterocycles. The van der Waals surface area contributed by atoms with Crippen LogP contribution in [0.25, 0.3) is 33.9 Å². The van der Waals surface area contributed by atoms with Crippen LogP contribution < -0.4 is 15.8 Å². The second-order valence-corrected chi connectivity index (χ2v) is 8.04. The zero-order chi connectivity index (χ0) is 27.3. The van der Waals surface area contributed by atoms with Crippen molar-refractivity contribution in [3.8, 4) is 28.7 Å². The maximum Gasteiger partial charge on any atom is 0.490 e. The first-order valence-corrected chi connectivity index (χ1v) is 11.6. The monoisotopic (exact) mass is 538 g/mol. The number of anilines is 1. The number of fused-ring (bicyclic) bond motifs is 1. The fourth-order valence-electron chi connectivity index (χ4n) is 3.74. The fraction of sp³-hybridized carbons (Fsp3) is 0.409. The number of halogens is 3. The van der Waals surface area contributed by atoms with Crippen molar-refractivity contribution in [3.63, 3.8) is 0 Å². The molecule has 1 atom stereocenters. The van der Waals surface area contributed by atoms with Crippen LogP contribution in [0, 0.1) is 0 Å². The number of nitrogens with one attached hydrogen (secondary N) is 2. The summed E-state index contributed by atoms with van der Waals surface area (Å²) < 4.78 is 53.9. The highest BCUT2D eigenvalue weighted by Gasteiger charge is 2.42. The van der Waals surface area contributed by atoms with Gasteiger partial charge in [-0.2, -0.15) is 13.2 Å². The number of aryl methyl sites for hydroxylation is 1. The van der Waals surface area contributed by atoms with Gasteiger partial charge in [-0.05, 0) is 42.3 Å².